The zero-order valence-corrected chi connectivity index (χ0v) is 10.1. The molecule has 0 aliphatic carbocycles. The van der Waals surface area contributed by atoms with Crippen LogP contribution in [0.25, 0.3) is 0 Å². The first-order chi connectivity index (χ1) is 7.10. The van der Waals surface area contributed by atoms with Crippen molar-refractivity contribution in [1.82, 2.24) is 0 Å². The topological polar surface area (TPSA) is 43.4 Å². The number of methoxy groups -OCH3 is 1. The molecular formula is C11H11BrO3. The van der Waals surface area contributed by atoms with E-state index in [9.17, 15) is 9.59 Å². The van der Waals surface area contributed by atoms with Gasteiger partial charge in [0.2, 0.25) is 0 Å². The van der Waals surface area contributed by atoms with E-state index >= 15 is 0 Å². The lowest BCUT2D eigenvalue weighted by Gasteiger charge is -2.04. The number of carbonyl (C=O) groups excluding carboxylic acids is 2. The number of hydrogen-bond acceptors (Lipinski definition) is 3. The van der Waals surface area contributed by atoms with Gasteiger partial charge in [-0.2, -0.15) is 0 Å². The lowest BCUT2D eigenvalue weighted by Crippen LogP contribution is -2.04. The molecular weight excluding hydrogens is 260 g/mol. The van der Waals surface area contributed by atoms with E-state index < -0.39 is 5.97 Å². The first-order valence-corrected chi connectivity index (χ1v) is 5.30. The predicted octanol–water partition coefficient (Wildman–Crippen LogP) is 2.83. The fraction of sp³-hybridized carbons (Fsp3) is 0.273. The number of carbonyl (C=O) groups is 2. The van der Waals surface area contributed by atoms with E-state index in [0.29, 0.717) is 22.0 Å². The van der Waals surface area contributed by atoms with Crippen LogP contribution in [0.2, 0.25) is 0 Å². The Morgan fingerprint density at radius 1 is 1.40 bits per heavy atom. The standard InChI is InChI=1S/C11H11BrO3/c1-3-10(13)8-5-4-7(6-9(8)12)11(14)15-2/h4-6H,3H2,1-2H3. The Hall–Kier alpha value is -1.16. The Morgan fingerprint density at radius 2 is 2.07 bits per heavy atom. The van der Waals surface area contributed by atoms with Gasteiger partial charge in [-0.15, -0.1) is 0 Å². The van der Waals surface area contributed by atoms with Crippen molar-refractivity contribution >= 4 is 27.7 Å². The molecule has 0 spiro atoms. The van der Waals surface area contributed by atoms with Crippen LogP contribution >= 0.6 is 15.9 Å². The summed E-state index contributed by atoms with van der Waals surface area (Å²) in [7, 11) is 1.32. The summed E-state index contributed by atoms with van der Waals surface area (Å²) in [6.45, 7) is 1.79. The minimum Gasteiger partial charge on any atom is -0.465 e. The molecule has 0 bridgehead atoms. The van der Waals surface area contributed by atoms with Crippen LogP contribution < -0.4 is 0 Å². The fourth-order valence-corrected chi connectivity index (χ4v) is 1.78. The maximum absolute atomic E-state index is 11.4. The first kappa shape index (κ1) is 11.9. The fourth-order valence-electron chi connectivity index (χ4n) is 1.18. The Kier molecular flexibility index (Phi) is 4.03. The summed E-state index contributed by atoms with van der Waals surface area (Å²) in [6, 6.07) is 4.80. The van der Waals surface area contributed by atoms with Gasteiger partial charge in [0.15, 0.2) is 5.78 Å². The van der Waals surface area contributed by atoms with Gasteiger partial charge in [-0.3, -0.25) is 4.79 Å². The molecule has 0 amide bonds. The van der Waals surface area contributed by atoms with Crippen molar-refractivity contribution in [2.24, 2.45) is 0 Å². The summed E-state index contributed by atoms with van der Waals surface area (Å²) in [5.41, 5.74) is 1.02. The molecule has 0 unspecified atom stereocenters. The van der Waals surface area contributed by atoms with E-state index in [-0.39, 0.29) is 5.78 Å². The van der Waals surface area contributed by atoms with Gasteiger partial charge in [0.05, 0.1) is 12.7 Å². The highest BCUT2D eigenvalue weighted by Gasteiger charge is 2.11. The lowest BCUT2D eigenvalue weighted by molar-refractivity contribution is 0.0600. The number of Topliss-reactive ketones (excluding diaryl/α,β-unsaturated/α-hetero) is 1. The summed E-state index contributed by atoms with van der Waals surface area (Å²) in [5, 5.41) is 0. The van der Waals surface area contributed by atoms with Crippen molar-refractivity contribution in [2.75, 3.05) is 7.11 Å². The Bertz CT molecular complexity index is 399. The first-order valence-electron chi connectivity index (χ1n) is 4.51. The quantitative estimate of drug-likeness (QED) is 0.627. The third-order valence-corrected chi connectivity index (χ3v) is 2.67. The lowest BCUT2D eigenvalue weighted by atomic mass is 10.1. The molecule has 1 aromatic carbocycles. The molecule has 0 radical (unpaired) electrons. The van der Waals surface area contributed by atoms with E-state index in [0.717, 1.165) is 0 Å². The van der Waals surface area contributed by atoms with Gasteiger partial charge in [0, 0.05) is 16.5 Å². The molecule has 1 aromatic rings. The van der Waals surface area contributed by atoms with Crippen LogP contribution in [0.4, 0.5) is 0 Å². The summed E-state index contributed by atoms with van der Waals surface area (Å²) < 4.78 is 5.20. The molecule has 0 saturated carbocycles. The zero-order chi connectivity index (χ0) is 11.4. The SMILES string of the molecule is CCC(=O)c1ccc(C(=O)OC)cc1Br. The van der Waals surface area contributed by atoms with Crippen molar-refractivity contribution in [3.05, 3.63) is 33.8 Å². The van der Waals surface area contributed by atoms with Crippen molar-refractivity contribution in [3.8, 4) is 0 Å². The Labute approximate surface area is 96.6 Å². The van der Waals surface area contributed by atoms with Gasteiger partial charge < -0.3 is 4.74 Å². The van der Waals surface area contributed by atoms with Crippen molar-refractivity contribution in [1.29, 1.82) is 0 Å². The maximum atomic E-state index is 11.4. The predicted molar refractivity (Wildman–Crippen MR) is 60.1 cm³/mol. The van der Waals surface area contributed by atoms with Crippen LogP contribution in [0, 0.1) is 0 Å². The molecule has 0 fully saturated rings. The number of rotatable bonds is 3. The summed E-state index contributed by atoms with van der Waals surface area (Å²) >= 11 is 3.26. The highest BCUT2D eigenvalue weighted by atomic mass is 79.9. The molecule has 0 heterocycles. The average molecular weight is 271 g/mol. The van der Waals surface area contributed by atoms with E-state index in [1.807, 2.05) is 0 Å². The largest absolute Gasteiger partial charge is 0.465 e. The second-order valence-electron chi connectivity index (χ2n) is 2.96. The summed E-state index contributed by atoms with van der Waals surface area (Å²) in [6.07, 6.45) is 0.441. The average Bonchev–Trinajstić information content (AvgIpc) is 2.26. The maximum Gasteiger partial charge on any atom is 0.337 e. The number of ether oxygens (including phenoxy) is 1. The van der Waals surface area contributed by atoms with Gasteiger partial charge in [0.25, 0.3) is 0 Å². The van der Waals surface area contributed by atoms with Gasteiger partial charge in [-0.05, 0) is 18.2 Å². The molecule has 0 saturated heterocycles. The highest BCUT2D eigenvalue weighted by molar-refractivity contribution is 9.10. The molecule has 15 heavy (non-hydrogen) atoms. The molecule has 1 rings (SSSR count). The van der Waals surface area contributed by atoms with Crippen LogP contribution in [-0.4, -0.2) is 18.9 Å². The molecule has 3 nitrogen and oxygen atoms in total. The van der Waals surface area contributed by atoms with Crippen LogP contribution in [0.15, 0.2) is 22.7 Å². The molecule has 0 atom stereocenters. The van der Waals surface area contributed by atoms with Crippen LogP contribution in [0.3, 0.4) is 0 Å². The molecule has 0 N–H and O–H groups in total. The van der Waals surface area contributed by atoms with E-state index in [1.54, 1.807) is 25.1 Å². The van der Waals surface area contributed by atoms with Gasteiger partial charge in [0.1, 0.15) is 0 Å². The number of esters is 1. The monoisotopic (exact) mass is 270 g/mol. The number of halogens is 1. The summed E-state index contributed by atoms with van der Waals surface area (Å²) in [4.78, 5) is 22.6. The number of ketones is 1. The molecule has 0 aliphatic heterocycles. The minimum atomic E-state index is -0.411. The third kappa shape index (κ3) is 2.65. The van der Waals surface area contributed by atoms with Crippen molar-refractivity contribution in [3.63, 3.8) is 0 Å². The van der Waals surface area contributed by atoms with Crippen LogP contribution in [-0.2, 0) is 4.74 Å². The van der Waals surface area contributed by atoms with Gasteiger partial charge in [-0.1, -0.05) is 22.9 Å². The molecule has 0 aliphatic rings. The normalized spacial score (nSPS) is 9.80. The van der Waals surface area contributed by atoms with Gasteiger partial charge in [-0.25, -0.2) is 4.79 Å². The minimum absolute atomic E-state index is 0.0401. The molecule has 80 valence electrons. The van der Waals surface area contributed by atoms with Gasteiger partial charge >= 0.3 is 5.97 Å². The van der Waals surface area contributed by atoms with E-state index in [1.165, 1.54) is 7.11 Å². The third-order valence-electron chi connectivity index (χ3n) is 2.01. The van der Waals surface area contributed by atoms with E-state index in [4.69, 9.17) is 0 Å². The molecule has 4 heteroatoms. The second kappa shape index (κ2) is 5.07. The van der Waals surface area contributed by atoms with Crippen LogP contribution in [0.5, 0.6) is 0 Å². The van der Waals surface area contributed by atoms with Crippen molar-refractivity contribution < 1.29 is 14.3 Å². The van der Waals surface area contributed by atoms with Crippen molar-refractivity contribution in [2.45, 2.75) is 13.3 Å². The van der Waals surface area contributed by atoms with Crippen LogP contribution in [0.1, 0.15) is 34.1 Å². The van der Waals surface area contributed by atoms with E-state index in [2.05, 4.69) is 20.7 Å². The number of hydrogen-bond donors (Lipinski definition) is 0. The Balaban J connectivity index is 3.08. The zero-order valence-electron chi connectivity index (χ0n) is 8.54. The number of benzene rings is 1. The highest BCUT2D eigenvalue weighted by Crippen LogP contribution is 2.20. The Morgan fingerprint density at radius 3 is 2.53 bits per heavy atom. The molecule has 0 aromatic heterocycles. The summed E-state index contributed by atoms with van der Waals surface area (Å²) in [5.74, 6) is -0.371. The second-order valence-corrected chi connectivity index (χ2v) is 3.82. The smallest absolute Gasteiger partial charge is 0.337 e.